The Bertz CT molecular complexity index is 419. The predicted molar refractivity (Wildman–Crippen MR) is 72.9 cm³/mol. The molecular weight excluding hydrogens is 280 g/mol. The van der Waals surface area contributed by atoms with Crippen LogP contribution in [0.1, 0.15) is 31.2 Å². The molecule has 0 aromatic heterocycles. The number of amides is 1. The first-order valence-corrected chi connectivity index (χ1v) is 6.66. The highest BCUT2D eigenvalue weighted by atomic mass is 79.9. The minimum absolute atomic E-state index is 0.0625. The first kappa shape index (κ1) is 12.6. The van der Waals surface area contributed by atoms with E-state index >= 15 is 0 Å². The molecule has 92 valence electrons. The maximum Gasteiger partial charge on any atom is 0.244 e. The second kappa shape index (κ2) is 4.78. The minimum atomic E-state index is -0.670. The smallest absolute Gasteiger partial charge is 0.244 e. The van der Waals surface area contributed by atoms with E-state index in [2.05, 4.69) is 21.2 Å². The van der Waals surface area contributed by atoms with Gasteiger partial charge in [0.1, 0.15) is 0 Å². The van der Waals surface area contributed by atoms with Crippen LogP contribution in [0.25, 0.3) is 0 Å². The normalized spacial score (nSPS) is 18.1. The fourth-order valence-electron chi connectivity index (χ4n) is 2.30. The number of rotatable bonds is 2. The largest absolute Gasteiger partial charge is 0.324 e. The van der Waals surface area contributed by atoms with Crippen LogP contribution in [0, 0.1) is 6.92 Å². The van der Waals surface area contributed by atoms with Gasteiger partial charge in [-0.15, -0.1) is 0 Å². The van der Waals surface area contributed by atoms with Crippen LogP contribution in [-0.2, 0) is 4.79 Å². The molecule has 3 nitrogen and oxygen atoms in total. The van der Waals surface area contributed by atoms with E-state index in [1.807, 2.05) is 25.1 Å². The van der Waals surface area contributed by atoms with Gasteiger partial charge in [-0.1, -0.05) is 28.8 Å². The number of nitrogens with one attached hydrogen (secondary N) is 1. The third kappa shape index (κ3) is 2.87. The molecule has 0 spiro atoms. The van der Waals surface area contributed by atoms with Crippen LogP contribution in [-0.4, -0.2) is 11.4 Å². The Labute approximate surface area is 110 Å². The molecule has 0 unspecified atom stereocenters. The summed E-state index contributed by atoms with van der Waals surface area (Å²) in [7, 11) is 0. The molecule has 1 aromatic rings. The van der Waals surface area contributed by atoms with E-state index in [1.54, 1.807) is 0 Å². The van der Waals surface area contributed by atoms with Gasteiger partial charge >= 0.3 is 0 Å². The van der Waals surface area contributed by atoms with E-state index in [9.17, 15) is 4.79 Å². The average Bonchev–Trinajstić information content (AvgIpc) is 2.64. The Balaban J connectivity index is 2.12. The van der Waals surface area contributed by atoms with Crippen LogP contribution in [0.2, 0.25) is 0 Å². The summed E-state index contributed by atoms with van der Waals surface area (Å²) >= 11 is 3.42. The molecule has 1 aromatic carbocycles. The van der Waals surface area contributed by atoms with Gasteiger partial charge in [-0.3, -0.25) is 4.79 Å². The summed E-state index contributed by atoms with van der Waals surface area (Å²) < 4.78 is 0.963. The molecule has 0 radical (unpaired) electrons. The molecular formula is C13H17BrN2O. The SMILES string of the molecule is Cc1cc(Br)cc(NC(=O)C2(N)CCCC2)c1. The van der Waals surface area contributed by atoms with E-state index in [1.165, 1.54) is 0 Å². The van der Waals surface area contributed by atoms with Crippen molar-refractivity contribution >= 4 is 27.5 Å². The standard InChI is InChI=1S/C13H17BrN2O/c1-9-6-10(14)8-11(7-9)16-12(17)13(15)4-2-3-5-13/h6-8H,2-5,15H2,1H3,(H,16,17). The Kier molecular flexibility index (Phi) is 3.54. The van der Waals surface area contributed by atoms with Crippen molar-refractivity contribution < 1.29 is 4.79 Å². The zero-order valence-corrected chi connectivity index (χ0v) is 11.5. The van der Waals surface area contributed by atoms with Crippen molar-refractivity contribution in [2.24, 2.45) is 5.73 Å². The van der Waals surface area contributed by atoms with Gasteiger partial charge in [0.15, 0.2) is 0 Å². The molecule has 2 rings (SSSR count). The fraction of sp³-hybridized carbons (Fsp3) is 0.462. The van der Waals surface area contributed by atoms with Crippen LogP contribution in [0.5, 0.6) is 0 Å². The monoisotopic (exact) mass is 296 g/mol. The number of halogens is 1. The number of hydrogen-bond acceptors (Lipinski definition) is 2. The Morgan fingerprint density at radius 3 is 2.59 bits per heavy atom. The molecule has 0 bridgehead atoms. The highest BCUT2D eigenvalue weighted by Gasteiger charge is 2.36. The molecule has 3 N–H and O–H groups in total. The maximum atomic E-state index is 12.1. The Morgan fingerprint density at radius 2 is 2.00 bits per heavy atom. The average molecular weight is 297 g/mol. The highest BCUT2D eigenvalue weighted by molar-refractivity contribution is 9.10. The van der Waals surface area contributed by atoms with E-state index < -0.39 is 5.54 Å². The lowest BCUT2D eigenvalue weighted by molar-refractivity contribution is -0.121. The molecule has 4 heteroatoms. The second-order valence-electron chi connectivity index (χ2n) is 4.83. The second-order valence-corrected chi connectivity index (χ2v) is 5.75. The highest BCUT2D eigenvalue weighted by Crippen LogP contribution is 2.29. The summed E-state index contributed by atoms with van der Waals surface area (Å²) in [5.41, 5.74) is 7.34. The van der Waals surface area contributed by atoms with Gasteiger partial charge in [-0.05, 0) is 43.5 Å². The third-order valence-electron chi connectivity index (χ3n) is 3.25. The van der Waals surface area contributed by atoms with Crippen LogP contribution in [0.4, 0.5) is 5.69 Å². The zero-order valence-electron chi connectivity index (χ0n) is 9.92. The maximum absolute atomic E-state index is 12.1. The van der Waals surface area contributed by atoms with Gasteiger partial charge in [0, 0.05) is 10.2 Å². The van der Waals surface area contributed by atoms with Crippen molar-refractivity contribution in [3.63, 3.8) is 0 Å². The number of benzene rings is 1. The molecule has 1 aliphatic carbocycles. The zero-order chi connectivity index (χ0) is 12.5. The number of nitrogens with two attached hydrogens (primary N) is 1. The van der Waals surface area contributed by atoms with Gasteiger partial charge in [0.25, 0.3) is 0 Å². The van der Waals surface area contributed by atoms with Gasteiger partial charge < -0.3 is 11.1 Å². The number of aryl methyl sites for hydroxylation is 1. The topological polar surface area (TPSA) is 55.1 Å². The Morgan fingerprint density at radius 1 is 1.35 bits per heavy atom. The van der Waals surface area contributed by atoms with Crippen molar-refractivity contribution in [2.75, 3.05) is 5.32 Å². The van der Waals surface area contributed by atoms with Crippen LogP contribution >= 0.6 is 15.9 Å². The first-order chi connectivity index (χ1) is 7.99. The van der Waals surface area contributed by atoms with E-state index in [-0.39, 0.29) is 5.91 Å². The van der Waals surface area contributed by atoms with Gasteiger partial charge in [0.05, 0.1) is 5.54 Å². The third-order valence-corrected chi connectivity index (χ3v) is 3.71. The number of anilines is 1. The molecule has 1 amide bonds. The minimum Gasteiger partial charge on any atom is -0.324 e. The molecule has 0 atom stereocenters. The lowest BCUT2D eigenvalue weighted by Crippen LogP contribution is -2.48. The number of carbonyl (C=O) groups excluding carboxylic acids is 1. The summed E-state index contributed by atoms with van der Waals surface area (Å²) in [6.45, 7) is 1.99. The summed E-state index contributed by atoms with van der Waals surface area (Å²) in [5.74, 6) is -0.0625. The number of carbonyl (C=O) groups is 1. The van der Waals surface area contributed by atoms with Gasteiger partial charge in [-0.2, -0.15) is 0 Å². The van der Waals surface area contributed by atoms with E-state index in [4.69, 9.17) is 5.73 Å². The van der Waals surface area contributed by atoms with E-state index in [0.29, 0.717) is 0 Å². The Hall–Kier alpha value is -0.870. The number of hydrogen-bond donors (Lipinski definition) is 2. The summed E-state index contributed by atoms with van der Waals surface area (Å²) in [4.78, 5) is 12.1. The van der Waals surface area contributed by atoms with Crippen molar-refractivity contribution in [1.82, 2.24) is 0 Å². The molecule has 1 aliphatic rings. The van der Waals surface area contributed by atoms with Crippen LogP contribution in [0.15, 0.2) is 22.7 Å². The fourth-order valence-corrected chi connectivity index (χ4v) is 2.90. The van der Waals surface area contributed by atoms with Gasteiger partial charge in [-0.25, -0.2) is 0 Å². The lowest BCUT2D eigenvalue weighted by Gasteiger charge is -2.22. The van der Waals surface area contributed by atoms with Crippen LogP contribution < -0.4 is 11.1 Å². The lowest BCUT2D eigenvalue weighted by atomic mass is 9.98. The van der Waals surface area contributed by atoms with Crippen molar-refractivity contribution in [2.45, 2.75) is 38.1 Å². The quantitative estimate of drug-likeness (QED) is 0.881. The van der Waals surface area contributed by atoms with Crippen molar-refractivity contribution in [1.29, 1.82) is 0 Å². The molecule has 1 fully saturated rings. The van der Waals surface area contributed by atoms with Crippen molar-refractivity contribution in [3.8, 4) is 0 Å². The molecule has 0 saturated heterocycles. The van der Waals surface area contributed by atoms with E-state index in [0.717, 1.165) is 41.4 Å². The molecule has 0 heterocycles. The van der Waals surface area contributed by atoms with Crippen LogP contribution in [0.3, 0.4) is 0 Å². The molecule has 0 aliphatic heterocycles. The summed E-state index contributed by atoms with van der Waals surface area (Å²) in [6, 6.07) is 5.84. The van der Waals surface area contributed by atoms with Crippen molar-refractivity contribution in [3.05, 3.63) is 28.2 Å². The first-order valence-electron chi connectivity index (χ1n) is 5.87. The predicted octanol–water partition coefficient (Wildman–Crippen LogP) is 2.97. The summed E-state index contributed by atoms with van der Waals surface area (Å²) in [6.07, 6.45) is 3.65. The van der Waals surface area contributed by atoms with Gasteiger partial charge in [0.2, 0.25) is 5.91 Å². The molecule has 17 heavy (non-hydrogen) atoms. The summed E-state index contributed by atoms with van der Waals surface area (Å²) in [5, 5.41) is 2.91. The molecule has 1 saturated carbocycles.